The van der Waals surface area contributed by atoms with Gasteiger partial charge in [-0.1, -0.05) is 45.2 Å². The SMILES string of the molecule is CNC(c1cc(Cl)cc(Br)c1)c1cc(C)ccc1OC. The summed E-state index contributed by atoms with van der Waals surface area (Å²) < 4.78 is 6.45. The highest BCUT2D eigenvalue weighted by molar-refractivity contribution is 9.10. The largest absolute Gasteiger partial charge is 0.496 e. The van der Waals surface area contributed by atoms with Gasteiger partial charge in [-0.3, -0.25) is 0 Å². The molecule has 2 nitrogen and oxygen atoms in total. The Bertz CT molecular complexity index is 595. The zero-order chi connectivity index (χ0) is 14.7. The second-order valence-electron chi connectivity index (χ2n) is 4.67. The fraction of sp³-hybridized carbons (Fsp3) is 0.250. The molecule has 0 aromatic heterocycles. The number of halogens is 2. The van der Waals surface area contributed by atoms with Gasteiger partial charge in [0, 0.05) is 15.1 Å². The van der Waals surface area contributed by atoms with Gasteiger partial charge in [-0.25, -0.2) is 0 Å². The summed E-state index contributed by atoms with van der Waals surface area (Å²) in [4.78, 5) is 0. The van der Waals surface area contributed by atoms with E-state index >= 15 is 0 Å². The molecule has 1 unspecified atom stereocenters. The van der Waals surface area contributed by atoms with E-state index in [2.05, 4.69) is 40.3 Å². The molecule has 0 spiro atoms. The van der Waals surface area contributed by atoms with E-state index in [0.717, 1.165) is 21.3 Å². The predicted molar refractivity (Wildman–Crippen MR) is 87.8 cm³/mol. The molecule has 0 fully saturated rings. The Morgan fingerprint density at radius 3 is 2.55 bits per heavy atom. The lowest BCUT2D eigenvalue weighted by Crippen LogP contribution is -2.18. The van der Waals surface area contributed by atoms with Crippen LogP contribution in [0.3, 0.4) is 0 Å². The van der Waals surface area contributed by atoms with Gasteiger partial charge in [0.1, 0.15) is 5.75 Å². The lowest BCUT2D eigenvalue weighted by Gasteiger charge is -2.21. The highest BCUT2D eigenvalue weighted by Gasteiger charge is 2.17. The summed E-state index contributed by atoms with van der Waals surface area (Å²) in [5.74, 6) is 0.867. The molecule has 0 amide bonds. The molecule has 0 aliphatic rings. The van der Waals surface area contributed by atoms with E-state index in [1.807, 2.05) is 31.3 Å². The topological polar surface area (TPSA) is 21.3 Å². The van der Waals surface area contributed by atoms with Crippen molar-refractivity contribution in [2.24, 2.45) is 0 Å². The third kappa shape index (κ3) is 3.35. The third-order valence-electron chi connectivity index (χ3n) is 3.20. The molecule has 0 bridgehead atoms. The number of aryl methyl sites for hydroxylation is 1. The first-order valence-corrected chi connectivity index (χ1v) is 7.50. The van der Waals surface area contributed by atoms with Crippen LogP contribution in [0.2, 0.25) is 5.02 Å². The molecular weight excluding hydrogens is 338 g/mol. The first-order valence-electron chi connectivity index (χ1n) is 6.33. The van der Waals surface area contributed by atoms with Gasteiger partial charge in [0.25, 0.3) is 0 Å². The summed E-state index contributed by atoms with van der Waals surface area (Å²) in [6.45, 7) is 2.07. The van der Waals surface area contributed by atoms with Gasteiger partial charge < -0.3 is 10.1 Å². The van der Waals surface area contributed by atoms with Crippen LogP contribution >= 0.6 is 27.5 Å². The summed E-state index contributed by atoms with van der Waals surface area (Å²) in [5.41, 5.74) is 3.39. The monoisotopic (exact) mass is 353 g/mol. The maximum absolute atomic E-state index is 6.15. The van der Waals surface area contributed by atoms with E-state index in [-0.39, 0.29) is 6.04 Å². The van der Waals surface area contributed by atoms with Crippen molar-refractivity contribution in [1.29, 1.82) is 0 Å². The maximum atomic E-state index is 6.15. The summed E-state index contributed by atoms with van der Waals surface area (Å²) in [5, 5.41) is 4.04. The normalized spacial score (nSPS) is 12.2. The quantitative estimate of drug-likeness (QED) is 0.857. The fourth-order valence-corrected chi connectivity index (χ4v) is 3.21. The molecule has 0 aliphatic carbocycles. The lowest BCUT2D eigenvalue weighted by molar-refractivity contribution is 0.405. The Morgan fingerprint density at radius 2 is 1.95 bits per heavy atom. The Labute approximate surface area is 133 Å². The predicted octanol–water partition coefficient (Wildman–Crippen LogP) is 4.73. The van der Waals surface area contributed by atoms with Crippen LogP contribution in [0.15, 0.2) is 40.9 Å². The standard InChI is InChI=1S/C16H17BrClNO/c1-10-4-5-15(20-3)14(6-10)16(19-2)11-7-12(17)9-13(18)8-11/h4-9,16,19H,1-3H3. The van der Waals surface area contributed by atoms with E-state index in [1.165, 1.54) is 5.56 Å². The summed E-state index contributed by atoms with van der Waals surface area (Å²) >= 11 is 9.64. The zero-order valence-corrected chi connectivity index (χ0v) is 14.0. The van der Waals surface area contributed by atoms with Crippen LogP contribution in [-0.4, -0.2) is 14.2 Å². The molecule has 0 heterocycles. The van der Waals surface area contributed by atoms with Crippen molar-refractivity contribution in [3.8, 4) is 5.75 Å². The van der Waals surface area contributed by atoms with E-state index in [4.69, 9.17) is 16.3 Å². The van der Waals surface area contributed by atoms with Crippen molar-refractivity contribution in [2.75, 3.05) is 14.2 Å². The van der Waals surface area contributed by atoms with Crippen LogP contribution in [0.5, 0.6) is 5.75 Å². The van der Waals surface area contributed by atoms with Crippen LogP contribution in [-0.2, 0) is 0 Å². The average Bonchev–Trinajstić information content (AvgIpc) is 2.39. The number of nitrogens with one attached hydrogen (secondary N) is 1. The summed E-state index contributed by atoms with van der Waals surface area (Å²) in [6, 6.07) is 12.1. The van der Waals surface area contributed by atoms with Crippen molar-refractivity contribution in [3.63, 3.8) is 0 Å². The van der Waals surface area contributed by atoms with Crippen molar-refractivity contribution in [3.05, 3.63) is 62.6 Å². The minimum Gasteiger partial charge on any atom is -0.496 e. The van der Waals surface area contributed by atoms with E-state index in [0.29, 0.717) is 5.02 Å². The van der Waals surface area contributed by atoms with Gasteiger partial charge in [-0.2, -0.15) is 0 Å². The fourth-order valence-electron chi connectivity index (χ4n) is 2.32. The minimum absolute atomic E-state index is 0.0276. The number of rotatable bonds is 4. The molecule has 2 aromatic rings. The molecule has 1 atom stereocenters. The Balaban J connectivity index is 2.54. The highest BCUT2D eigenvalue weighted by Crippen LogP contribution is 2.33. The van der Waals surface area contributed by atoms with Crippen LogP contribution in [0.4, 0.5) is 0 Å². The molecule has 2 aromatic carbocycles. The maximum Gasteiger partial charge on any atom is 0.123 e. The number of hydrogen-bond donors (Lipinski definition) is 1. The van der Waals surface area contributed by atoms with Gasteiger partial charge in [-0.05, 0) is 43.8 Å². The first kappa shape index (κ1) is 15.4. The van der Waals surface area contributed by atoms with E-state index < -0.39 is 0 Å². The molecule has 0 aliphatic heterocycles. The van der Waals surface area contributed by atoms with Crippen molar-refractivity contribution in [2.45, 2.75) is 13.0 Å². The van der Waals surface area contributed by atoms with E-state index in [1.54, 1.807) is 7.11 Å². The number of hydrogen-bond acceptors (Lipinski definition) is 2. The Morgan fingerprint density at radius 1 is 1.20 bits per heavy atom. The van der Waals surface area contributed by atoms with Gasteiger partial charge in [0.2, 0.25) is 0 Å². The van der Waals surface area contributed by atoms with Crippen molar-refractivity contribution < 1.29 is 4.74 Å². The molecule has 2 rings (SSSR count). The number of methoxy groups -OCH3 is 1. The molecule has 20 heavy (non-hydrogen) atoms. The minimum atomic E-state index is 0.0276. The molecule has 0 saturated heterocycles. The van der Waals surface area contributed by atoms with E-state index in [9.17, 15) is 0 Å². The van der Waals surface area contributed by atoms with Crippen LogP contribution in [0.25, 0.3) is 0 Å². The Kier molecular flexibility index (Phi) is 5.08. The molecular formula is C16H17BrClNO. The van der Waals surface area contributed by atoms with Gasteiger partial charge in [0.15, 0.2) is 0 Å². The van der Waals surface area contributed by atoms with Gasteiger partial charge in [0.05, 0.1) is 13.2 Å². The molecule has 1 N–H and O–H groups in total. The first-order chi connectivity index (χ1) is 9.55. The summed E-state index contributed by atoms with van der Waals surface area (Å²) in [6.07, 6.45) is 0. The second-order valence-corrected chi connectivity index (χ2v) is 6.02. The molecule has 0 saturated carbocycles. The molecule has 4 heteroatoms. The zero-order valence-electron chi connectivity index (χ0n) is 11.7. The second kappa shape index (κ2) is 6.61. The number of ether oxygens (including phenoxy) is 1. The lowest BCUT2D eigenvalue weighted by atomic mass is 9.96. The summed E-state index contributed by atoms with van der Waals surface area (Å²) in [7, 11) is 3.62. The van der Waals surface area contributed by atoms with Crippen molar-refractivity contribution >= 4 is 27.5 Å². The van der Waals surface area contributed by atoms with Crippen LogP contribution in [0, 0.1) is 6.92 Å². The van der Waals surface area contributed by atoms with Crippen LogP contribution in [0.1, 0.15) is 22.7 Å². The molecule has 106 valence electrons. The smallest absolute Gasteiger partial charge is 0.123 e. The van der Waals surface area contributed by atoms with Gasteiger partial charge in [-0.15, -0.1) is 0 Å². The van der Waals surface area contributed by atoms with Gasteiger partial charge >= 0.3 is 0 Å². The Hall–Kier alpha value is -1.03. The number of benzene rings is 2. The average molecular weight is 355 g/mol. The van der Waals surface area contributed by atoms with Crippen LogP contribution < -0.4 is 10.1 Å². The molecule has 0 radical (unpaired) electrons. The third-order valence-corrected chi connectivity index (χ3v) is 3.88. The van der Waals surface area contributed by atoms with Crippen molar-refractivity contribution in [1.82, 2.24) is 5.32 Å². The highest BCUT2D eigenvalue weighted by atomic mass is 79.9.